The number of ether oxygens (including phenoxy) is 3. The Balaban J connectivity index is 1.71. The molecular formula is C25H33N3O6. The number of morpholine rings is 1. The highest BCUT2D eigenvalue weighted by molar-refractivity contribution is 6.06. The summed E-state index contributed by atoms with van der Waals surface area (Å²) in [5.74, 6) is -0.0168. The van der Waals surface area contributed by atoms with Crippen molar-refractivity contribution in [2.45, 2.75) is 25.8 Å². The first-order valence-corrected chi connectivity index (χ1v) is 11.3. The molecular weight excluding hydrogens is 438 g/mol. The Kier molecular flexibility index (Phi) is 8.36. The molecule has 0 radical (unpaired) electrons. The second-order valence-corrected chi connectivity index (χ2v) is 8.42. The van der Waals surface area contributed by atoms with Gasteiger partial charge in [-0.1, -0.05) is 6.92 Å². The van der Waals surface area contributed by atoms with Crippen LogP contribution in [-0.4, -0.2) is 74.4 Å². The van der Waals surface area contributed by atoms with E-state index in [1.165, 1.54) is 32.4 Å². The number of methoxy groups -OCH3 is 2. The van der Waals surface area contributed by atoms with Crippen molar-refractivity contribution < 1.29 is 28.9 Å². The van der Waals surface area contributed by atoms with E-state index in [0.717, 1.165) is 19.5 Å². The van der Waals surface area contributed by atoms with Crippen LogP contribution in [0, 0.1) is 0 Å². The highest BCUT2D eigenvalue weighted by Crippen LogP contribution is 2.26. The van der Waals surface area contributed by atoms with E-state index in [9.17, 15) is 14.7 Å². The van der Waals surface area contributed by atoms with Crippen molar-refractivity contribution in [3.05, 3.63) is 47.5 Å². The molecule has 2 amide bonds. The van der Waals surface area contributed by atoms with Crippen LogP contribution in [0.1, 0.15) is 41.0 Å². The third-order valence-corrected chi connectivity index (χ3v) is 6.28. The minimum atomic E-state index is -0.412. The van der Waals surface area contributed by atoms with Gasteiger partial charge in [-0.25, -0.2) is 0 Å². The molecule has 3 N–H and O–H groups in total. The zero-order chi connectivity index (χ0) is 24.7. The molecule has 0 aromatic heterocycles. The Labute approximate surface area is 200 Å². The summed E-state index contributed by atoms with van der Waals surface area (Å²) in [6.07, 6.45) is 0.847. The van der Waals surface area contributed by atoms with E-state index in [2.05, 4.69) is 29.4 Å². The standard InChI is InChI=1S/C25H33N3O6/c1-5-25(2,28-8-10-34-11-9-28)16-26-24(31)21-14-18(6-7-22(21)29)27-23(30)17-12-19(32-3)15-20(13-17)33-4/h6-7,12-15,29H,5,8-11,16H2,1-4H3,(H,26,31)(H,27,30)/t25-/m1/s1. The van der Waals surface area contributed by atoms with Crippen molar-refractivity contribution in [3.8, 4) is 17.2 Å². The fourth-order valence-corrected chi connectivity index (χ4v) is 3.87. The van der Waals surface area contributed by atoms with Crippen LogP contribution in [0.2, 0.25) is 0 Å². The number of hydrogen-bond acceptors (Lipinski definition) is 7. The summed E-state index contributed by atoms with van der Waals surface area (Å²) in [4.78, 5) is 28.0. The van der Waals surface area contributed by atoms with E-state index in [4.69, 9.17) is 14.2 Å². The second kappa shape index (κ2) is 11.2. The van der Waals surface area contributed by atoms with Gasteiger partial charge in [-0.3, -0.25) is 14.5 Å². The van der Waals surface area contributed by atoms with Gasteiger partial charge in [0.2, 0.25) is 0 Å². The van der Waals surface area contributed by atoms with Gasteiger partial charge in [0.1, 0.15) is 17.2 Å². The molecule has 1 aliphatic heterocycles. The highest BCUT2D eigenvalue weighted by atomic mass is 16.5. The number of anilines is 1. The van der Waals surface area contributed by atoms with Gasteiger partial charge in [0, 0.05) is 42.5 Å². The Bertz CT molecular complexity index is 999. The first kappa shape index (κ1) is 25.3. The number of benzene rings is 2. The average molecular weight is 472 g/mol. The lowest BCUT2D eigenvalue weighted by Gasteiger charge is -2.43. The normalized spacial score (nSPS) is 15.8. The van der Waals surface area contributed by atoms with E-state index in [1.807, 2.05) is 0 Å². The first-order valence-electron chi connectivity index (χ1n) is 11.3. The number of phenolic OH excluding ortho intramolecular Hbond substituents is 1. The molecule has 184 valence electrons. The van der Waals surface area contributed by atoms with Crippen LogP contribution >= 0.6 is 0 Å². The molecule has 1 heterocycles. The van der Waals surface area contributed by atoms with E-state index in [0.29, 0.717) is 42.5 Å². The van der Waals surface area contributed by atoms with Crippen LogP contribution in [-0.2, 0) is 4.74 Å². The monoisotopic (exact) mass is 471 g/mol. The molecule has 9 nitrogen and oxygen atoms in total. The van der Waals surface area contributed by atoms with Gasteiger partial charge in [0.15, 0.2) is 0 Å². The summed E-state index contributed by atoms with van der Waals surface area (Å²) in [6, 6.07) is 9.22. The third kappa shape index (κ3) is 5.98. The summed E-state index contributed by atoms with van der Waals surface area (Å²) in [5.41, 5.74) is 0.564. The van der Waals surface area contributed by atoms with Crippen molar-refractivity contribution in [1.29, 1.82) is 0 Å². The number of rotatable bonds is 9. The largest absolute Gasteiger partial charge is 0.507 e. The summed E-state index contributed by atoms with van der Waals surface area (Å²) < 4.78 is 15.9. The molecule has 0 saturated carbocycles. The molecule has 9 heteroatoms. The Morgan fingerprint density at radius 2 is 1.71 bits per heavy atom. The molecule has 0 unspecified atom stereocenters. The first-order chi connectivity index (χ1) is 16.3. The molecule has 1 saturated heterocycles. The van der Waals surface area contributed by atoms with Crippen molar-refractivity contribution in [3.63, 3.8) is 0 Å². The summed E-state index contributed by atoms with van der Waals surface area (Å²) in [6.45, 7) is 7.57. The lowest BCUT2D eigenvalue weighted by Crippen LogP contribution is -2.56. The minimum Gasteiger partial charge on any atom is -0.507 e. The number of nitrogens with zero attached hydrogens (tertiary/aromatic N) is 1. The summed E-state index contributed by atoms with van der Waals surface area (Å²) in [7, 11) is 3.01. The Hall–Kier alpha value is -3.30. The smallest absolute Gasteiger partial charge is 0.255 e. The molecule has 2 aromatic rings. The molecule has 0 spiro atoms. The van der Waals surface area contributed by atoms with Gasteiger partial charge < -0.3 is 30.0 Å². The molecule has 1 fully saturated rings. The number of aromatic hydroxyl groups is 1. The van der Waals surface area contributed by atoms with Gasteiger partial charge in [-0.15, -0.1) is 0 Å². The van der Waals surface area contributed by atoms with Gasteiger partial charge in [0.05, 0.1) is 33.0 Å². The number of nitrogens with one attached hydrogen (secondary N) is 2. The summed E-state index contributed by atoms with van der Waals surface area (Å²) in [5, 5.41) is 16.0. The predicted molar refractivity (Wildman–Crippen MR) is 129 cm³/mol. The lowest BCUT2D eigenvalue weighted by molar-refractivity contribution is -0.0169. The summed E-state index contributed by atoms with van der Waals surface area (Å²) >= 11 is 0. The molecule has 1 aliphatic rings. The third-order valence-electron chi connectivity index (χ3n) is 6.28. The maximum atomic E-state index is 12.9. The lowest BCUT2D eigenvalue weighted by atomic mass is 9.95. The molecule has 34 heavy (non-hydrogen) atoms. The van der Waals surface area contributed by atoms with Crippen LogP contribution in [0.3, 0.4) is 0 Å². The fraction of sp³-hybridized carbons (Fsp3) is 0.440. The average Bonchev–Trinajstić information content (AvgIpc) is 2.88. The van der Waals surface area contributed by atoms with Crippen LogP contribution in [0.4, 0.5) is 5.69 Å². The zero-order valence-electron chi connectivity index (χ0n) is 20.1. The second-order valence-electron chi connectivity index (χ2n) is 8.42. The number of carbonyl (C=O) groups excluding carboxylic acids is 2. The van der Waals surface area contributed by atoms with Crippen LogP contribution in [0.25, 0.3) is 0 Å². The van der Waals surface area contributed by atoms with Crippen molar-refractivity contribution in [2.24, 2.45) is 0 Å². The highest BCUT2D eigenvalue weighted by Gasteiger charge is 2.32. The number of carbonyl (C=O) groups is 2. The quantitative estimate of drug-likeness (QED) is 0.483. The topological polar surface area (TPSA) is 109 Å². The molecule has 1 atom stereocenters. The zero-order valence-corrected chi connectivity index (χ0v) is 20.1. The van der Waals surface area contributed by atoms with E-state index in [1.54, 1.807) is 18.2 Å². The van der Waals surface area contributed by atoms with Crippen molar-refractivity contribution in [1.82, 2.24) is 10.2 Å². The fourth-order valence-electron chi connectivity index (χ4n) is 3.87. The van der Waals surface area contributed by atoms with Gasteiger partial charge >= 0.3 is 0 Å². The maximum Gasteiger partial charge on any atom is 0.255 e. The van der Waals surface area contributed by atoms with Crippen LogP contribution in [0.15, 0.2) is 36.4 Å². The Morgan fingerprint density at radius 1 is 1.06 bits per heavy atom. The number of phenols is 1. The van der Waals surface area contributed by atoms with E-state index in [-0.39, 0.29) is 16.9 Å². The molecule has 3 rings (SSSR count). The predicted octanol–water partition coefficient (Wildman–Crippen LogP) is 2.89. The Morgan fingerprint density at radius 3 is 2.29 bits per heavy atom. The van der Waals surface area contributed by atoms with Crippen LogP contribution < -0.4 is 20.1 Å². The molecule has 0 aliphatic carbocycles. The van der Waals surface area contributed by atoms with Crippen molar-refractivity contribution >= 4 is 17.5 Å². The SMILES string of the molecule is CC[C@](C)(CNC(=O)c1cc(NC(=O)c2cc(OC)cc(OC)c2)ccc1O)N1CCOCC1. The molecule has 0 bridgehead atoms. The minimum absolute atomic E-state index is 0.0847. The van der Waals surface area contributed by atoms with Gasteiger partial charge in [0.25, 0.3) is 11.8 Å². The number of hydrogen-bond donors (Lipinski definition) is 3. The maximum absolute atomic E-state index is 12.9. The van der Waals surface area contributed by atoms with E-state index >= 15 is 0 Å². The van der Waals surface area contributed by atoms with Gasteiger partial charge in [-0.2, -0.15) is 0 Å². The van der Waals surface area contributed by atoms with E-state index < -0.39 is 11.8 Å². The van der Waals surface area contributed by atoms with Gasteiger partial charge in [-0.05, 0) is 43.7 Å². The van der Waals surface area contributed by atoms with Crippen molar-refractivity contribution in [2.75, 3.05) is 52.4 Å². The number of amides is 2. The van der Waals surface area contributed by atoms with Crippen LogP contribution in [0.5, 0.6) is 17.2 Å². The molecule has 2 aromatic carbocycles.